The lowest BCUT2D eigenvalue weighted by Crippen LogP contribution is -2.39. The highest BCUT2D eigenvalue weighted by atomic mass is 32.2. The molecule has 146 valence electrons. The Morgan fingerprint density at radius 1 is 1.19 bits per heavy atom. The van der Waals surface area contributed by atoms with Crippen molar-refractivity contribution in [3.05, 3.63) is 53.9 Å². The maximum atomic E-state index is 12.9. The van der Waals surface area contributed by atoms with Crippen LogP contribution in [-0.4, -0.2) is 51.6 Å². The van der Waals surface area contributed by atoms with Gasteiger partial charge in [0, 0.05) is 32.1 Å². The molecule has 9 heteroatoms. The molecule has 0 saturated carbocycles. The van der Waals surface area contributed by atoms with E-state index in [-0.39, 0.29) is 13.2 Å². The van der Waals surface area contributed by atoms with Gasteiger partial charge in [0.1, 0.15) is 16.7 Å². The van der Waals surface area contributed by atoms with Gasteiger partial charge in [0.05, 0.1) is 26.9 Å². The van der Waals surface area contributed by atoms with Crippen molar-refractivity contribution in [3.63, 3.8) is 0 Å². The Kier molecular flexibility index (Phi) is 5.95. The molecule has 2 atom stereocenters. The number of benzene rings is 1. The predicted molar refractivity (Wildman–Crippen MR) is 99.8 cm³/mol. The van der Waals surface area contributed by atoms with Crippen molar-refractivity contribution >= 4 is 10.0 Å². The Morgan fingerprint density at radius 2 is 1.81 bits per heavy atom. The predicted octanol–water partition coefficient (Wildman–Crippen LogP) is 1.51. The lowest BCUT2D eigenvalue weighted by atomic mass is 10.0. The summed E-state index contributed by atoms with van der Waals surface area (Å²) in [4.78, 5) is 9.47. The number of ether oxygens (including phenoxy) is 2. The minimum Gasteiger partial charge on any atom is -0.497 e. The van der Waals surface area contributed by atoms with E-state index in [2.05, 4.69) is 9.71 Å². The zero-order chi connectivity index (χ0) is 19.4. The van der Waals surface area contributed by atoms with Crippen molar-refractivity contribution in [3.8, 4) is 11.5 Å². The molecule has 1 N–H and O–H groups in total. The third-order valence-electron chi connectivity index (χ3n) is 4.53. The van der Waals surface area contributed by atoms with Crippen molar-refractivity contribution in [1.29, 1.82) is 0 Å². The molecule has 0 amide bonds. The Bertz CT molecular complexity index is 854. The topological polar surface area (TPSA) is 90.0 Å². The molecule has 1 saturated heterocycles. The SMILES string of the molecule is COc1cc(OC)cc(C2C(S(=O)(=O)NCc3ccncc3)CON2C)c1. The number of nitrogens with one attached hydrogen (secondary N) is 1. The van der Waals surface area contributed by atoms with E-state index in [9.17, 15) is 8.42 Å². The van der Waals surface area contributed by atoms with Crippen molar-refractivity contribution < 1.29 is 22.7 Å². The van der Waals surface area contributed by atoms with Gasteiger partial charge < -0.3 is 9.47 Å². The van der Waals surface area contributed by atoms with E-state index >= 15 is 0 Å². The van der Waals surface area contributed by atoms with Gasteiger partial charge in [-0.1, -0.05) is 0 Å². The Hall–Kier alpha value is -2.20. The number of sulfonamides is 1. The second-order valence-corrected chi connectivity index (χ2v) is 8.18. The highest BCUT2D eigenvalue weighted by Gasteiger charge is 2.43. The van der Waals surface area contributed by atoms with E-state index in [1.54, 1.807) is 69.1 Å². The summed E-state index contributed by atoms with van der Waals surface area (Å²) in [6, 6.07) is 8.37. The first-order chi connectivity index (χ1) is 12.9. The normalized spacial score (nSPS) is 20.6. The van der Waals surface area contributed by atoms with Crippen molar-refractivity contribution in [2.45, 2.75) is 17.8 Å². The zero-order valence-electron chi connectivity index (χ0n) is 15.5. The quantitative estimate of drug-likeness (QED) is 0.762. The van der Waals surface area contributed by atoms with Crippen LogP contribution in [0.3, 0.4) is 0 Å². The summed E-state index contributed by atoms with van der Waals surface area (Å²) in [5, 5.41) is 0.783. The Morgan fingerprint density at radius 3 is 2.41 bits per heavy atom. The van der Waals surface area contributed by atoms with Gasteiger partial charge in [-0.25, -0.2) is 13.1 Å². The molecule has 2 unspecified atom stereocenters. The first kappa shape index (κ1) is 19.6. The van der Waals surface area contributed by atoms with E-state index < -0.39 is 21.3 Å². The second kappa shape index (κ2) is 8.22. The molecule has 2 aromatic rings. The number of nitrogens with zero attached hydrogens (tertiary/aromatic N) is 2. The van der Waals surface area contributed by atoms with Crippen LogP contribution in [0.4, 0.5) is 0 Å². The monoisotopic (exact) mass is 393 g/mol. The molecular weight excluding hydrogens is 370 g/mol. The van der Waals surface area contributed by atoms with Crippen LogP contribution in [0.15, 0.2) is 42.7 Å². The van der Waals surface area contributed by atoms with E-state index in [1.807, 2.05) is 0 Å². The standard InChI is InChI=1S/C18H23N3O5S/c1-21-18(14-8-15(24-2)10-16(9-14)25-3)17(12-26-21)27(22,23)20-11-13-4-6-19-7-5-13/h4-10,17-18,20H,11-12H2,1-3H3. The summed E-state index contributed by atoms with van der Waals surface area (Å²) in [7, 11) is 1.18. The molecule has 27 heavy (non-hydrogen) atoms. The van der Waals surface area contributed by atoms with Crippen LogP contribution in [0, 0.1) is 0 Å². The molecule has 0 bridgehead atoms. The molecule has 1 aliphatic rings. The molecule has 0 spiro atoms. The van der Waals surface area contributed by atoms with Crippen LogP contribution in [0.2, 0.25) is 0 Å². The van der Waals surface area contributed by atoms with Crippen LogP contribution >= 0.6 is 0 Å². The molecule has 1 aromatic carbocycles. The van der Waals surface area contributed by atoms with Gasteiger partial charge in [-0.05, 0) is 35.4 Å². The maximum absolute atomic E-state index is 12.9. The number of hydrogen-bond acceptors (Lipinski definition) is 7. The third kappa shape index (κ3) is 4.38. The number of pyridine rings is 1. The average Bonchev–Trinajstić information content (AvgIpc) is 3.09. The molecule has 1 aromatic heterocycles. The maximum Gasteiger partial charge on any atom is 0.219 e. The Labute approximate surface area is 159 Å². The number of aromatic nitrogens is 1. The van der Waals surface area contributed by atoms with Gasteiger partial charge in [0.15, 0.2) is 0 Å². The number of hydroxylamine groups is 2. The molecule has 3 rings (SSSR count). The van der Waals surface area contributed by atoms with E-state index in [0.29, 0.717) is 11.5 Å². The smallest absolute Gasteiger partial charge is 0.219 e. The van der Waals surface area contributed by atoms with E-state index in [1.165, 1.54) is 0 Å². The van der Waals surface area contributed by atoms with Gasteiger partial charge in [-0.3, -0.25) is 9.82 Å². The third-order valence-corrected chi connectivity index (χ3v) is 6.26. The lowest BCUT2D eigenvalue weighted by Gasteiger charge is -2.24. The van der Waals surface area contributed by atoms with Crippen molar-refractivity contribution in [1.82, 2.24) is 14.8 Å². The first-order valence-electron chi connectivity index (χ1n) is 8.40. The first-order valence-corrected chi connectivity index (χ1v) is 9.95. The minimum atomic E-state index is -3.65. The van der Waals surface area contributed by atoms with E-state index in [4.69, 9.17) is 14.3 Å². The second-order valence-electron chi connectivity index (χ2n) is 6.19. The van der Waals surface area contributed by atoms with Crippen LogP contribution in [0.1, 0.15) is 17.2 Å². The highest BCUT2D eigenvalue weighted by Crippen LogP contribution is 2.36. The molecular formula is C18H23N3O5S. The summed E-state index contributed by atoms with van der Waals surface area (Å²) in [5.41, 5.74) is 1.57. The van der Waals surface area contributed by atoms with Crippen LogP contribution in [0.5, 0.6) is 11.5 Å². The fraction of sp³-hybridized carbons (Fsp3) is 0.389. The molecule has 2 heterocycles. The van der Waals surface area contributed by atoms with Crippen LogP contribution < -0.4 is 14.2 Å². The van der Waals surface area contributed by atoms with Crippen LogP contribution in [0.25, 0.3) is 0 Å². The largest absolute Gasteiger partial charge is 0.497 e. The fourth-order valence-corrected chi connectivity index (χ4v) is 4.56. The molecule has 8 nitrogen and oxygen atoms in total. The zero-order valence-corrected chi connectivity index (χ0v) is 16.3. The molecule has 1 aliphatic heterocycles. The fourth-order valence-electron chi connectivity index (χ4n) is 3.07. The molecule has 0 aliphatic carbocycles. The average molecular weight is 393 g/mol. The van der Waals surface area contributed by atoms with E-state index in [0.717, 1.165) is 11.1 Å². The van der Waals surface area contributed by atoms with Crippen molar-refractivity contribution in [2.24, 2.45) is 0 Å². The summed E-state index contributed by atoms with van der Waals surface area (Å²) in [6.07, 6.45) is 3.25. The van der Waals surface area contributed by atoms with Crippen molar-refractivity contribution in [2.75, 3.05) is 27.9 Å². The van der Waals surface area contributed by atoms with Crippen LogP contribution in [-0.2, 0) is 21.4 Å². The number of rotatable bonds is 7. The summed E-state index contributed by atoms with van der Waals surface area (Å²) >= 11 is 0. The molecule has 1 fully saturated rings. The lowest BCUT2D eigenvalue weighted by molar-refractivity contribution is -0.110. The van der Waals surface area contributed by atoms with Gasteiger partial charge in [0.2, 0.25) is 10.0 Å². The number of methoxy groups -OCH3 is 2. The van der Waals surface area contributed by atoms with Gasteiger partial charge in [-0.15, -0.1) is 0 Å². The van der Waals surface area contributed by atoms with Gasteiger partial charge in [0.25, 0.3) is 0 Å². The highest BCUT2D eigenvalue weighted by molar-refractivity contribution is 7.90. The Balaban J connectivity index is 1.86. The summed E-state index contributed by atoms with van der Waals surface area (Å²) < 4.78 is 39.2. The van der Waals surface area contributed by atoms with Gasteiger partial charge in [-0.2, -0.15) is 5.06 Å². The summed E-state index contributed by atoms with van der Waals surface area (Å²) in [5.74, 6) is 1.18. The van der Waals surface area contributed by atoms with Gasteiger partial charge >= 0.3 is 0 Å². The minimum absolute atomic E-state index is 0.0619. The summed E-state index contributed by atoms with van der Waals surface area (Å²) in [6.45, 7) is 0.256. The number of hydrogen-bond donors (Lipinski definition) is 1. The molecule has 0 radical (unpaired) electrons.